The van der Waals surface area contributed by atoms with Crippen LogP contribution in [0, 0.1) is 13.8 Å². The van der Waals surface area contributed by atoms with Crippen LogP contribution < -0.4 is 14.8 Å². The van der Waals surface area contributed by atoms with Gasteiger partial charge < -0.3 is 14.8 Å². The molecular formula is C22H23N5O2. The minimum Gasteiger partial charge on any atom is -0.493 e. The minimum atomic E-state index is 0.601. The molecule has 0 fully saturated rings. The molecule has 0 radical (unpaired) electrons. The molecular weight excluding hydrogens is 366 g/mol. The zero-order chi connectivity index (χ0) is 20.4. The molecule has 3 aromatic heterocycles. The number of hydrogen-bond acceptors (Lipinski definition) is 6. The summed E-state index contributed by atoms with van der Waals surface area (Å²) >= 11 is 0. The molecule has 0 atom stereocenters. The van der Waals surface area contributed by atoms with Gasteiger partial charge in [0.1, 0.15) is 5.82 Å². The Morgan fingerprint density at radius 2 is 1.83 bits per heavy atom. The van der Waals surface area contributed by atoms with Gasteiger partial charge in [-0.1, -0.05) is 6.07 Å². The fourth-order valence-corrected chi connectivity index (χ4v) is 3.31. The van der Waals surface area contributed by atoms with E-state index < -0.39 is 0 Å². The third-order valence-electron chi connectivity index (χ3n) is 4.78. The summed E-state index contributed by atoms with van der Waals surface area (Å²) in [5.41, 5.74) is 5.49. The highest BCUT2D eigenvalue weighted by molar-refractivity contribution is 5.73. The molecule has 0 aliphatic heterocycles. The van der Waals surface area contributed by atoms with E-state index in [1.165, 1.54) is 0 Å². The number of hydrogen-bond donors (Lipinski definition) is 1. The fraction of sp³-hybridized carbons (Fsp3) is 0.227. The first-order valence-electron chi connectivity index (χ1n) is 9.34. The summed E-state index contributed by atoms with van der Waals surface area (Å²) < 4.78 is 12.6. The third kappa shape index (κ3) is 3.59. The van der Waals surface area contributed by atoms with Gasteiger partial charge in [-0.25, -0.2) is 4.98 Å². The van der Waals surface area contributed by atoms with Gasteiger partial charge in [-0.3, -0.25) is 4.98 Å². The van der Waals surface area contributed by atoms with Gasteiger partial charge in [0.2, 0.25) is 0 Å². The number of aromatic nitrogens is 4. The van der Waals surface area contributed by atoms with E-state index in [9.17, 15) is 0 Å². The average Bonchev–Trinajstić information content (AvgIpc) is 3.08. The molecule has 1 N–H and O–H groups in total. The molecule has 0 aliphatic rings. The van der Waals surface area contributed by atoms with Gasteiger partial charge in [-0.2, -0.15) is 9.61 Å². The monoisotopic (exact) mass is 389 g/mol. The molecule has 0 unspecified atom stereocenters. The minimum absolute atomic E-state index is 0.601. The van der Waals surface area contributed by atoms with Gasteiger partial charge in [0.25, 0.3) is 0 Å². The maximum atomic E-state index is 5.45. The van der Waals surface area contributed by atoms with Crippen LogP contribution in [-0.4, -0.2) is 33.8 Å². The molecule has 0 aliphatic carbocycles. The van der Waals surface area contributed by atoms with Gasteiger partial charge >= 0.3 is 0 Å². The number of methoxy groups -OCH3 is 2. The molecule has 7 heteroatoms. The van der Waals surface area contributed by atoms with Crippen LogP contribution in [0.5, 0.6) is 11.5 Å². The van der Waals surface area contributed by atoms with Crippen LogP contribution in [0.15, 0.2) is 48.7 Å². The van der Waals surface area contributed by atoms with Crippen molar-refractivity contribution in [1.82, 2.24) is 19.6 Å². The summed E-state index contributed by atoms with van der Waals surface area (Å²) in [6.07, 6.45) is 1.79. The van der Waals surface area contributed by atoms with E-state index in [-0.39, 0.29) is 0 Å². The van der Waals surface area contributed by atoms with E-state index in [1.807, 2.05) is 60.8 Å². The number of ether oxygens (including phenoxy) is 2. The summed E-state index contributed by atoms with van der Waals surface area (Å²) in [6.45, 7) is 4.61. The normalized spacial score (nSPS) is 10.9. The lowest BCUT2D eigenvalue weighted by Crippen LogP contribution is -2.07. The summed E-state index contributed by atoms with van der Waals surface area (Å²) in [5, 5.41) is 8.27. The molecule has 7 nitrogen and oxygen atoms in total. The van der Waals surface area contributed by atoms with Crippen molar-refractivity contribution in [3.63, 3.8) is 0 Å². The Bertz CT molecular complexity index is 1160. The van der Waals surface area contributed by atoms with Gasteiger partial charge in [-0.05, 0) is 44.2 Å². The van der Waals surface area contributed by atoms with Crippen LogP contribution in [0.2, 0.25) is 0 Å². The number of anilines is 1. The van der Waals surface area contributed by atoms with E-state index >= 15 is 0 Å². The number of nitrogens with zero attached hydrogens (tertiary/aromatic N) is 4. The Balaban J connectivity index is 1.77. The largest absolute Gasteiger partial charge is 0.493 e. The first kappa shape index (κ1) is 18.7. The highest BCUT2D eigenvalue weighted by atomic mass is 16.5. The van der Waals surface area contributed by atoms with E-state index in [4.69, 9.17) is 19.6 Å². The number of aryl methyl sites for hydroxylation is 2. The highest BCUT2D eigenvalue weighted by Gasteiger charge is 2.17. The van der Waals surface area contributed by atoms with Crippen LogP contribution in [0.1, 0.15) is 17.0 Å². The molecule has 4 rings (SSSR count). The lowest BCUT2D eigenvalue weighted by molar-refractivity contribution is 0.355. The van der Waals surface area contributed by atoms with Crippen LogP contribution >= 0.6 is 0 Å². The van der Waals surface area contributed by atoms with Crippen molar-refractivity contribution in [2.24, 2.45) is 0 Å². The van der Waals surface area contributed by atoms with Gasteiger partial charge in [0, 0.05) is 29.1 Å². The molecule has 148 valence electrons. The summed E-state index contributed by atoms with van der Waals surface area (Å²) in [5.74, 6) is 2.22. The van der Waals surface area contributed by atoms with Crippen LogP contribution in [0.4, 0.5) is 5.82 Å². The van der Waals surface area contributed by atoms with Gasteiger partial charge in [0.15, 0.2) is 17.1 Å². The number of rotatable bonds is 6. The molecule has 29 heavy (non-hydrogen) atoms. The number of fused-ring (bicyclic) bond motifs is 1. The smallest absolute Gasteiger partial charge is 0.161 e. The molecule has 0 bridgehead atoms. The highest BCUT2D eigenvalue weighted by Crippen LogP contribution is 2.34. The van der Waals surface area contributed by atoms with Crippen LogP contribution in [0.25, 0.3) is 16.9 Å². The van der Waals surface area contributed by atoms with Crippen molar-refractivity contribution in [1.29, 1.82) is 0 Å². The van der Waals surface area contributed by atoms with Gasteiger partial charge in [-0.15, -0.1) is 0 Å². The van der Waals surface area contributed by atoms with Crippen molar-refractivity contribution in [2.75, 3.05) is 19.5 Å². The quantitative estimate of drug-likeness (QED) is 0.537. The lowest BCUT2D eigenvalue weighted by atomic mass is 10.1. The van der Waals surface area contributed by atoms with Crippen molar-refractivity contribution in [2.45, 2.75) is 20.4 Å². The fourth-order valence-electron chi connectivity index (χ4n) is 3.31. The average molecular weight is 389 g/mol. The number of benzene rings is 1. The molecule has 4 aromatic rings. The first-order chi connectivity index (χ1) is 14.1. The molecule has 0 amide bonds. The first-order valence-corrected chi connectivity index (χ1v) is 9.34. The standard InChI is InChI=1S/C22H23N5O2/c1-14-11-20(24-13-17-7-5-6-10-23-17)27-22(25-14)15(2)21(26-27)16-8-9-18(28-3)19(12-16)29-4/h5-12,24H,13H2,1-4H3. The van der Waals surface area contributed by atoms with E-state index in [0.717, 1.165) is 39.7 Å². The predicted octanol–water partition coefficient (Wildman–Crippen LogP) is 4.04. The topological polar surface area (TPSA) is 73.6 Å². The Hall–Kier alpha value is -3.61. The molecule has 3 heterocycles. The Kier molecular flexibility index (Phi) is 5.03. The zero-order valence-corrected chi connectivity index (χ0v) is 16.9. The molecule has 0 saturated carbocycles. The van der Waals surface area contributed by atoms with Gasteiger partial charge in [0.05, 0.1) is 32.2 Å². The summed E-state index contributed by atoms with van der Waals surface area (Å²) in [4.78, 5) is 9.07. The van der Waals surface area contributed by atoms with E-state index in [1.54, 1.807) is 20.4 Å². The summed E-state index contributed by atoms with van der Waals surface area (Å²) in [7, 11) is 3.25. The Morgan fingerprint density at radius 1 is 1.00 bits per heavy atom. The van der Waals surface area contributed by atoms with Crippen molar-refractivity contribution in [3.05, 3.63) is 65.6 Å². The molecule has 1 aromatic carbocycles. The SMILES string of the molecule is COc1ccc(-c2nn3c(NCc4ccccn4)cc(C)nc3c2C)cc1OC. The maximum absolute atomic E-state index is 5.45. The van der Waals surface area contributed by atoms with Crippen LogP contribution in [0.3, 0.4) is 0 Å². The second-order valence-electron chi connectivity index (χ2n) is 6.74. The third-order valence-corrected chi connectivity index (χ3v) is 4.78. The Labute approximate surface area is 169 Å². The maximum Gasteiger partial charge on any atom is 0.161 e. The lowest BCUT2D eigenvalue weighted by Gasteiger charge is -2.09. The predicted molar refractivity (Wildman–Crippen MR) is 113 cm³/mol. The number of nitrogens with one attached hydrogen (secondary N) is 1. The number of pyridine rings is 1. The van der Waals surface area contributed by atoms with Crippen molar-refractivity contribution in [3.8, 4) is 22.8 Å². The second kappa shape index (κ2) is 7.79. The van der Waals surface area contributed by atoms with E-state index in [2.05, 4.69) is 10.3 Å². The zero-order valence-electron chi connectivity index (χ0n) is 16.9. The van der Waals surface area contributed by atoms with Crippen molar-refractivity contribution >= 4 is 11.5 Å². The molecule has 0 spiro atoms. The Morgan fingerprint density at radius 3 is 2.55 bits per heavy atom. The second-order valence-corrected chi connectivity index (χ2v) is 6.74. The van der Waals surface area contributed by atoms with Crippen molar-refractivity contribution < 1.29 is 9.47 Å². The van der Waals surface area contributed by atoms with E-state index in [0.29, 0.717) is 18.0 Å². The van der Waals surface area contributed by atoms with Crippen LogP contribution in [-0.2, 0) is 6.54 Å². The molecule has 0 saturated heterocycles. The summed E-state index contributed by atoms with van der Waals surface area (Å²) in [6, 6.07) is 13.7.